The summed E-state index contributed by atoms with van der Waals surface area (Å²) in [6.07, 6.45) is 0.697. The van der Waals surface area contributed by atoms with E-state index in [1.54, 1.807) is 12.0 Å². The number of carboxylic acids is 1. The molecule has 2 aromatic carbocycles. The first-order valence-electron chi connectivity index (χ1n) is 9.55. The minimum absolute atomic E-state index is 0.0798. The number of rotatable bonds is 10. The van der Waals surface area contributed by atoms with Crippen LogP contribution in [-0.4, -0.2) is 55.3 Å². The SMILES string of the molecule is COc1cc(CCN2CC(C(=O)O)CC2=O)ccc1OCCOc1ccccc1. The van der Waals surface area contributed by atoms with Gasteiger partial charge in [-0.05, 0) is 36.2 Å². The summed E-state index contributed by atoms with van der Waals surface area (Å²) < 4.78 is 16.8. The van der Waals surface area contributed by atoms with Crippen molar-refractivity contribution in [2.75, 3.05) is 33.4 Å². The van der Waals surface area contributed by atoms with Gasteiger partial charge in [0.15, 0.2) is 11.5 Å². The van der Waals surface area contributed by atoms with Gasteiger partial charge in [0.05, 0.1) is 13.0 Å². The molecule has 1 aliphatic heterocycles. The zero-order valence-corrected chi connectivity index (χ0v) is 16.4. The van der Waals surface area contributed by atoms with Crippen LogP contribution < -0.4 is 14.2 Å². The molecule has 29 heavy (non-hydrogen) atoms. The van der Waals surface area contributed by atoms with Gasteiger partial charge in [0, 0.05) is 19.5 Å². The van der Waals surface area contributed by atoms with E-state index in [0.29, 0.717) is 37.7 Å². The minimum atomic E-state index is -0.916. The highest BCUT2D eigenvalue weighted by molar-refractivity contribution is 5.86. The smallest absolute Gasteiger partial charge is 0.308 e. The van der Waals surface area contributed by atoms with E-state index in [1.807, 2.05) is 48.5 Å². The number of methoxy groups -OCH3 is 1. The summed E-state index contributed by atoms with van der Waals surface area (Å²) in [7, 11) is 1.58. The second kappa shape index (κ2) is 9.82. The molecular formula is C22H25NO6. The zero-order chi connectivity index (χ0) is 20.6. The fraction of sp³-hybridized carbons (Fsp3) is 0.364. The van der Waals surface area contributed by atoms with Crippen molar-refractivity contribution in [3.05, 3.63) is 54.1 Å². The molecule has 7 heteroatoms. The Morgan fingerprint density at radius 3 is 2.55 bits per heavy atom. The van der Waals surface area contributed by atoms with E-state index < -0.39 is 11.9 Å². The molecule has 0 aromatic heterocycles. The van der Waals surface area contributed by atoms with E-state index in [2.05, 4.69) is 0 Å². The van der Waals surface area contributed by atoms with E-state index >= 15 is 0 Å². The van der Waals surface area contributed by atoms with Gasteiger partial charge in [-0.15, -0.1) is 0 Å². The standard InChI is InChI=1S/C22H25NO6/c1-27-20-13-16(9-10-23-15-17(22(25)26)14-21(23)24)7-8-19(20)29-12-11-28-18-5-3-2-4-6-18/h2-8,13,17H,9-12,14-15H2,1H3,(H,25,26). The first-order valence-corrected chi connectivity index (χ1v) is 9.55. The van der Waals surface area contributed by atoms with Crippen LogP contribution in [0.3, 0.4) is 0 Å². The second-order valence-corrected chi connectivity index (χ2v) is 6.82. The van der Waals surface area contributed by atoms with E-state index in [9.17, 15) is 9.59 Å². The molecule has 1 unspecified atom stereocenters. The summed E-state index contributed by atoms with van der Waals surface area (Å²) >= 11 is 0. The highest BCUT2D eigenvalue weighted by atomic mass is 16.5. The first-order chi connectivity index (χ1) is 14.1. The van der Waals surface area contributed by atoms with Gasteiger partial charge >= 0.3 is 5.97 Å². The fourth-order valence-corrected chi connectivity index (χ4v) is 3.23. The predicted octanol–water partition coefficient (Wildman–Crippen LogP) is 2.63. The molecule has 2 aromatic rings. The number of hydrogen-bond donors (Lipinski definition) is 1. The Hall–Kier alpha value is -3.22. The molecule has 0 spiro atoms. The maximum atomic E-state index is 11.9. The van der Waals surface area contributed by atoms with Gasteiger partial charge in [0.1, 0.15) is 19.0 Å². The summed E-state index contributed by atoms with van der Waals surface area (Å²) in [5, 5.41) is 9.07. The van der Waals surface area contributed by atoms with Crippen LogP contribution in [0.2, 0.25) is 0 Å². The van der Waals surface area contributed by atoms with Crippen LogP contribution in [0.5, 0.6) is 17.2 Å². The lowest BCUT2D eigenvalue weighted by Gasteiger charge is -2.17. The number of ether oxygens (including phenoxy) is 3. The van der Waals surface area contributed by atoms with Crippen LogP contribution in [0.1, 0.15) is 12.0 Å². The lowest BCUT2D eigenvalue weighted by molar-refractivity contribution is -0.141. The number of amides is 1. The average molecular weight is 399 g/mol. The Balaban J connectivity index is 1.49. The molecule has 1 aliphatic rings. The maximum Gasteiger partial charge on any atom is 0.308 e. The molecule has 1 amide bonds. The molecule has 1 atom stereocenters. The molecule has 7 nitrogen and oxygen atoms in total. The van der Waals surface area contributed by atoms with Crippen molar-refractivity contribution in [2.45, 2.75) is 12.8 Å². The summed E-state index contributed by atoms with van der Waals surface area (Å²) in [6.45, 7) is 1.55. The van der Waals surface area contributed by atoms with Crippen LogP contribution in [-0.2, 0) is 16.0 Å². The summed E-state index contributed by atoms with van der Waals surface area (Å²) in [5.74, 6) is 0.392. The van der Waals surface area contributed by atoms with Gasteiger partial charge < -0.3 is 24.2 Å². The minimum Gasteiger partial charge on any atom is -0.493 e. The van der Waals surface area contributed by atoms with Crippen molar-refractivity contribution < 1.29 is 28.9 Å². The van der Waals surface area contributed by atoms with Gasteiger partial charge in [-0.1, -0.05) is 24.3 Å². The lowest BCUT2D eigenvalue weighted by Crippen LogP contribution is -2.28. The Morgan fingerprint density at radius 2 is 1.86 bits per heavy atom. The molecule has 1 N–H and O–H groups in total. The summed E-state index contributed by atoms with van der Waals surface area (Å²) in [5.41, 5.74) is 0.987. The topological polar surface area (TPSA) is 85.3 Å². The van der Waals surface area contributed by atoms with Gasteiger partial charge in [-0.3, -0.25) is 9.59 Å². The molecule has 0 saturated carbocycles. The number of benzene rings is 2. The molecule has 0 bridgehead atoms. The third-order valence-corrected chi connectivity index (χ3v) is 4.82. The van der Waals surface area contributed by atoms with Crippen LogP contribution in [0.25, 0.3) is 0 Å². The van der Waals surface area contributed by atoms with Crippen LogP contribution in [0.15, 0.2) is 48.5 Å². The highest BCUT2D eigenvalue weighted by Crippen LogP contribution is 2.28. The van der Waals surface area contributed by atoms with E-state index in [-0.39, 0.29) is 18.9 Å². The summed E-state index contributed by atoms with van der Waals surface area (Å²) in [6, 6.07) is 15.2. The quantitative estimate of drug-likeness (QED) is 0.618. The maximum absolute atomic E-state index is 11.9. The molecule has 3 rings (SSSR count). The zero-order valence-electron chi connectivity index (χ0n) is 16.4. The van der Waals surface area contributed by atoms with Gasteiger partial charge in [0.2, 0.25) is 5.91 Å². The normalized spacial score (nSPS) is 16.0. The van der Waals surface area contributed by atoms with Crippen molar-refractivity contribution in [1.29, 1.82) is 0 Å². The van der Waals surface area contributed by atoms with Crippen molar-refractivity contribution in [2.24, 2.45) is 5.92 Å². The Kier molecular flexibility index (Phi) is 6.94. The fourth-order valence-electron chi connectivity index (χ4n) is 3.23. The third-order valence-electron chi connectivity index (χ3n) is 4.82. The Morgan fingerprint density at radius 1 is 1.10 bits per heavy atom. The molecule has 0 aliphatic carbocycles. The van der Waals surface area contributed by atoms with E-state index in [0.717, 1.165) is 11.3 Å². The number of hydrogen-bond acceptors (Lipinski definition) is 5. The lowest BCUT2D eigenvalue weighted by atomic mass is 10.1. The first kappa shape index (κ1) is 20.5. The molecule has 1 fully saturated rings. The summed E-state index contributed by atoms with van der Waals surface area (Å²) in [4.78, 5) is 24.6. The average Bonchev–Trinajstić information content (AvgIpc) is 3.12. The van der Waals surface area contributed by atoms with E-state index in [4.69, 9.17) is 19.3 Å². The van der Waals surface area contributed by atoms with Crippen molar-refractivity contribution >= 4 is 11.9 Å². The predicted molar refractivity (Wildman–Crippen MR) is 106 cm³/mol. The number of carboxylic acid groups (broad SMARTS) is 1. The van der Waals surface area contributed by atoms with Gasteiger partial charge in [0.25, 0.3) is 0 Å². The third kappa shape index (κ3) is 5.63. The molecule has 1 heterocycles. The number of para-hydroxylation sites is 1. The largest absolute Gasteiger partial charge is 0.493 e. The van der Waals surface area contributed by atoms with Crippen molar-refractivity contribution in [1.82, 2.24) is 4.90 Å². The highest BCUT2D eigenvalue weighted by Gasteiger charge is 2.33. The van der Waals surface area contributed by atoms with Crippen LogP contribution >= 0.6 is 0 Å². The molecule has 1 saturated heterocycles. The van der Waals surface area contributed by atoms with E-state index in [1.165, 1.54) is 0 Å². The van der Waals surface area contributed by atoms with Gasteiger partial charge in [-0.2, -0.15) is 0 Å². The second-order valence-electron chi connectivity index (χ2n) is 6.82. The Labute approximate surface area is 169 Å². The Bertz CT molecular complexity index is 838. The van der Waals surface area contributed by atoms with Crippen LogP contribution in [0.4, 0.5) is 0 Å². The van der Waals surface area contributed by atoms with Gasteiger partial charge in [-0.25, -0.2) is 0 Å². The van der Waals surface area contributed by atoms with Crippen molar-refractivity contribution in [3.8, 4) is 17.2 Å². The van der Waals surface area contributed by atoms with Crippen LogP contribution in [0, 0.1) is 5.92 Å². The van der Waals surface area contributed by atoms with Crippen molar-refractivity contribution in [3.63, 3.8) is 0 Å². The number of carbonyl (C=O) groups is 2. The number of likely N-dealkylation sites (tertiary alicyclic amines) is 1. The monoisotopic (exact) mass is 399 g/mol. The molecule has 0 radical (unpaired) electrons. The molecular weight excluding hydrogens is 374 g/mol. The number of nitrogens with zero attached hydrogens (tertiary/aromatic N) is 1. The number of aliphatic carboxylic acids is 1. The number of carbonyl (C=O) groups excluding carboxylic acids is 1. The molecule has 154 valence electrons.